The average molecular weight is 380 g/mol. The van der Waals surface area contributed by atoms with Crippen molar-refractivity contribution in [3.8, 4) is 5.75 Å². The first-order valence-corrected chi connectivity index (χ1v) is 8.79. The van der Waals surface area contributed by atoms with Crippen LogP contribution in [0, 0.1) is 6.92 Å². The Labute approximate surface area is 162 Å². The maximum Gasteiger partial charge on any atom is 0.262 e. The molecule has 0 atom stereocenters. The van der Waals surface area contributed by atoms with E-state index in [4.69, 9.17) is 16.3 Å². The number of anilines is 1. The molecule has 27 heavy (non-hydrogen) atoms. The van der Waals surface area contributed by atoms with Crippen molar-refractivity contribution in [2.45, 2.75) is 6.92 Å². The molecule has 0 bridgehead atoms. The monoisotopic (exact) mass is 379 g/mol. The Kier molecular flexibility index (Phi) is 5.89. The van der Waals surface area contributed by atoms with Gasteiger partial charge in [-0.2, -0.15) is 0 Å². The number of hydrogen-bond donors (Lipinski definition) is 1. The molecule has 0 radical (unpaired) electrons. The highest BCUT2D eigenvalue weighted by atomic mass is 35.5. The van der Waals surface area contributed by atoms with Crippen molar-refractivity contribution < 1.29 is 14.3 Å². The molecule has 5 heteroatoms. The lowest BCUT2D eigenvalue weighted by atomic mass is 10.0. The number of nitrogens with one attached hydrogen (secondary N) is 1. The molecule has 0 aliphatic carbocycles. The molecule has 0 aromatic heterocycles. The van der Waals surface area contributed by atoms with Gasteiger partial charge in [0.25, 0.3) is 5.91 Å². The SMILES string of the molecule is Cc1cccc(OCC(=O)Nc2ccc(Cl)cc2C(=O)c2ccccc2)c1. The minimum atomic E-state index is -0.360. The first kappa shape index (κ1) is 18.7. The number of benzene rings is 3. The maximum absolute atomic E-state index is 12.8. The van der Waals surface area contributed by atoms with E-state index in [1.165, 1.54) is 0 Å². The Bertz CT molecular complexity index is 970. The van der Waals surface area contributed by atoms with Gasteiger partial charge in [-0.3, -0.25) is 9.59 Å². The smallest absolute Gasteiger partial charge is 0.262 e. The minimum absolute atomic E-state index is 0.162. The van der Waals surface area contributed by atoms with Crippen LogP contribution in [-0.2, 0) is 4.79 Å². The van der Waals surface area contributed by atoms with E-state index in [-0.39, 0.29) is 18.3 Å². The summed E-state index contributed by atoms with van der Waals surface area (Å²) in [5.41, 5.74) is 2.29. The number of rotatable bonds is 6. The second kappa shape index (κ2) is 8.52. The van der Waals surface area contributed by atoms with Crippen molar-refractivity contribution in [2.24, 2.45) is 0 Å². The Morgan fingerprint density at radius 1 is 0.963 bits per heavy atom. The molecule has 136 valence electrons. The largest absolute Gasteiger partial charge is 0.484 e. The third kappa shape index (κ3) is 4.96. The van der Waals surface area contributed by atoms with Crippen molar-refractivity contribution >= 4 is 29.0 Å². The van der Waals surface area contributed by atoms with Gasteiger partial charge in [0.1, 0.15) is 5.75 Å². The third-order valence-corrected chi connectivity index (χ3v) is 4.13. The highest BCUT2D eigenvalue weighted by Gasteiger charge is 2.16. The summed E-state index contributed by atoms with van der Waals surface area (Å²) in [6.45, 7) is 1.78. The molecule has 3 aromatic carbocycles. The Morgan fingerprint density at radius 2 is 1.74 bits per heavy atom. The lowest BCUT2D eigenvalue weighted by molar-refractivity contribution is -0.118. The van der Waals surface area contributed by atoms with Crippen molar-refractivity contribution in [1.29, 1.82) is 0 Å². The predicted molar refractivity (Wildman–Crippen MR) is 107 cm³/mol. The van der Waals surface area contributed by atoms with Gasteiger partial charge < -0.3 is 10.1 Å². The van der Waals surface area contributed by atoms with Gasteiger partial charge in [-0.05, 0) is 42.8 Å². The molecule has 1 N–H and O–H groups in total. The van der Waals surface area contributed by atoms with Gasteiger partial charge in [0, 0.05) is 16.1 Å². The lowest BCUT2D eigenvalue weighted by Crippen LogP contribution is -2.21. The van der Waals surface area contributed by atoms with Crippen molar-refractivity contribution in [3.05, 3.63) is 94.5 Å². The van der Waals surface area contributed by atoms with Gasteiger partial charge in [0.05, 0.1) is 5.69 Å². The zero-order chi connectivity index (χ0) is 19.2. The molecule has 0 fully saturated rings. The number of hydrogen-bond acceptors (Lipinski definition) is 3. The number of halogens is 1. The highest BCUT2D eigenvalue weighted by molar-refractivity contribution is 6.31. The molecule has 4 nitrogen and oxygen atoms in total. The first-order valence-electron chi connectivity index (χ1n) is 8.41. The molecule has 1 amide bonds. The van der Waals surface area contributed by atoms with E-state index in [9.17, 15) is 9.59 Å². The number of carbonyl (C=O) groups is 2. The van der Waals surface area contributed by atoms with E-state index in [0.717, 1.165) is 5.56 Å². The van der Waals surface area contributed by atoms with Gasteiger partial charge in [-0.15, -0.1) is 0 Å². The number of ketones is 1. The van der Waals surface area contributed by atoms with Crippen molar-refractivity contribution in [2.75, 3.05) is 11.9 Å². The fraction of sp³-hybridized carbons (Fsp3) is 0.0909. The zero-order valence-electron chi connectivity index (χ0n) is 14.7. The summed E-state index contributed by atoms with van der Waals surface area (Å²) in [6.07, 6.45) is 0. The van der Waals surface area contributed by atoms with Gasteiger partial charge in [-0.25, -0.2) is 0 Å². The van der Waals surface area contributed by atoms with Crippen LogP contribution in [0.4, 0.5) is 5.69 Å². The Morgan fingerprint density at radius 3 is 2.48 bits per heavy atom. The number of amides is 1. The van der Waals surface area contributed by atoms with Crippen LogP contribution in [0.1, 0.15) is 21.5 Å². The quantitative estimate of drug-likeness (QED) is 0.620. The summed E-state index contributed by atoms with van der Waals surface area (Å²) >= 11 is 6.05. The average Bonchev–Trinajstić information content (AvgIpc) is 2.68. The van der Waals surface area contributed by atoms with E-state index < -0.39 is 0 Å². The van der Waals surface area contributed by atoms with Gasteiger partial charge in [-0.1, -0.05) is 54.1 Å². The normalized spacial score (nSPS) is 10.3. The summed E-state index contributed by atoms with van der Waals surface area (Å²) in [4.78, 5) is 25.1. The molecule has 0 heterocycles. The summed E-state index contributed by atoms with van der Waals surface area (Å²) < 4.78 is 5.51. The molecule has 0 unspecified atom stereocenters. The van der Waals surface area contributed by atoms with Crippen molar-refractivity contribution in [3.63, 3.8) is 0 Å². The van der Waals surface area contributed by atoms with Crippen LogP contribution in [-0.4, -0.2) is 18.3 Å². The van der Waals surface area contributed by atoms with Crippen LogP contribution < -0.4 is 10.1 Å². The highest BCUT2D eigenvalue weighted by Crippen LogP contribution is 2.24. The molecule has 0 saturated carbocycles. The van der Waals surface area contributed by atoms with E-state index in [2.05, 4.69) is 5.32 Å². The number of carbonyl (C=O) groups excluding carboxylic acids is 2. The molecule has 3 rings (SSSR count). The molecule has 0 saturated heterocycles. The standard InChI is InChI=1S/C22H18ClNO3/c1-15-6-5-9-18(12-15)27-14-21(25)24-20-11-10-17(23)13-19(20)22(26)16-7-3-2-4-8-16/h2-13H,14H2,1H3,(H,24,25). The second-order valence-corrected chi connectivity index (χ2v) is 6.47. The van der Waals surface area contributed by atoms with Crippen LogP contribution in [0.3, 0.4) is 0 Å². The van der Waals surface area contributed by atoms with Crippen LogP contribution in [0.25, 0.3) is 0 Å². The Balaban J connectivity index is 1.74. The van der Waals surface area contributed by atoms with Crippen molar-refractivity contribution in [1.82, 2.24) is 0 Å². The van der Waals surface area contributed by atoms with Gasteiger partial charge in [0.15, 0.2) is 12.4 Å². The topological polar surface area (TPSA) is 55.4 Å². The van der Waals surface area contributed by atoms with E-state index >= 15 is 0 Å². The number of ether oxygens (including phenoxy) is 1. The molecular formula is C22H18ClNO3. The second-order valence-electron chi connectivity index (χ2n) is 6.04. The molecular weight excluding hydrogens is 362 g/mol. The van der Waals surface area contributed by atoms with Gasteiger partial charge in [0.2, 0.25) is 0 Å². The van der Waals surface area contributed by atoms with Gasteiger partial charge >= 0.3 is 0 Å². The van der Waals surface area contributed by atoms with Crippen LogP contribution in [0.2, 0.25) is 5.02 Å². The van der Waals surface area contributed by atoms with Crippen LogP contribution in [0.5, 0.6) is 5.75 Å². The molecule has 0 aliphatic heterocycles. The summed E-state index contributed by atoms with van der Waals surface area (Å²) in [6, 6.07) is 21.1. The van der Waals surface area contributed by atoms with E-state index in [0.29, 0.717) is 27.6 Å². The molecule has 0 spiro atoms. The Hall–Kier alpha value is -3.11. The van der Waals surface area contributed by atoms with E-state index in [1.54, 1.807) is 48.5 Å². The predicted octanol–water partition coefficient (Wildman–Crippen LogP) is 4.90. The third-order valence-electron chi connectivity index (χ3n) is 3.90. The summed E-state index contributed by atoms with van der Waals surface area (Å²) in [5, 5.41) is 3.15. The van der Waals surface area contributed by atoms with Crippen LogP contribution >= 0.6 is 11.6 Å². The fourth-order valence-corrected chi connectivity index (χ4v) is 2.77. The number of aryl methyl sites for hydroxylation is 1. The lowest BCUT2D eigenvalue weighted by Gasteiger charge is -2.12. The summed E-state index contributed by atoms with van der Waals surface area (Å²) in [7, 11) is 0. The molecule has 0 aliphatic rings. The van der Waals surface area contributed by atoms with Crippen LogP contribution in [0.15, 0.2) is 72.8 Å². The fourth-order valence-electron chi connectivity index (χ4n) is 2.60. The maximum atomic E-state index is 12.8. The minimum Gasteiger partial charge on any atom is -0.484 e. The zero-order valence-corrected chi connectivity index (χ0v) is 15.5. The summed E-state index contributed by atoms with van der Waals surface area (Å²) in [5.74, 6) is 0.0378. The first-order chi connectivity index (χ1) is 13.0. The van der Waals surface area contributed by atoms with E-state index in [1.807, 2.05) is 31.2 Å². The molecule has 3 aromatic rings.